The summed E-state index contributed by atoms with van der Waals surface area (Å²) in [6, 6.07) is 24.2. The molecule has 0 aromatic heterocycles. The third-order valence-corrected chi connectivity index (χ3v) is 6.37. The molecule has 198 valence electrons. The predicted octanol–water partition coefficient (Wildman–Crippen LogP) is 4.48. The maximum atomic E-state index is 13.0. The molecular formula is C30H32N2O6. The number of benzene rings is 3. The molecule has 1 unspecified atom stereocenters. The van der Waals surface area contributed by atoms with Crippen molar-refractivity contribution < 1.29 is 29.0 Å². The van der Waals surface area contributed by atoms with Gasteiger partial charge in [0, 0.05) is 5.92 Å². The van der Waals surface area contributed by atoms with Crippen molar-refractivity contribution in [3.05, 3.63) is 95.6 Å². The first-order valence-electron chi connectivity index (χ1n) is 12.5. The average Bonchev–Trinajstić information content (AvgIpc) is 3.21. The van der Waals surface area contributed by atoms with E-state index in [0.717, 1.165) is 27.8 Å². The number of alkyl carbamates (subject to hydrolysis) is 1. The average molecular weight is 517 g/mol. The maximum Gasteiger partial charge on any atom is 0.407 e. The molecule has 0 saturated carbocycles. The third kappa shape index (κ3) is 6.77. The van der Waals surface area contributed by atoms with Crippen LogP contribution in [0, 0.1) is 0 Å². The van der Waals surface area contributed by atoms with Crippen molar-refractivity contribution in [2.75, 3.05) is 13.2 Å². The Morgan fingerprint density at radius 1 is 0.895 bits per heavy atom. The molecule has 3 N–H and O–H groups in total. The summed E-state index contributed by atoms with van der Waals surface area (Å²) >= 11 is 0. The molecule has 2 amide bonds. The summed E-state index contributed by atoms with van der Waals surface area (Å²) in [7, 11) is 0. The molecular weight excluding hydrogens is 484 g/mol. The lowest BCUT2D eigenvalue weighted by Crippen LogP contribution is -2.55. The van der Waals surface area contributed by atoms with Crippen LogP contribution in [0.4, 0.5) is 4.79 Å². The Morgan fingerprint density at radius 2 is 1.47 bits per heavy atom. The van der Waals surface area contributed by atoms with Crippen LogP contribution >= 0.6 is 0 Å². The molecule has 1 atom stereocenters. The summed E-state index contributed by atoms with van der Waals surface area (Å²) in [5, 5.41) is 14.5. The molecule has 0 radical (unpaired) electrons. The van der Waals surface area contributed by atoms with Gasteiger partial charge in [0.2, 0.25) is 5.91 Å². The van der Waals surface area contributed by atoms with Crippen LogP contribution in [0.5, 0.6) is 0 Å². The third-order valence-electron chi connectivity index (χ3n) is 6.37. The van der Waals surface area contributed by atoms with Gasteiger partial charge in [-0.15, -0.1) is 0 Å². The monoisotopic (exact) mass is 516 g/mol. The quantitative estimate of drug-likeness (QED) is 0.346. The highest BCUT2D eigenvalue weighted by atomic mass is 16.5. The van der Waals surface area contributed by atoms with E-state index in [-0.39, 0.29) is 19.1 Å². The molecule has 0 aliphatic heterocycles. The van der Waals surface area contributed by atoms with Crippen LogP contribution < -0.4 is 10.6 Å². The summed E-state index contributed by atoms with van der Waals surface area (Å²) in [5.74, 6) is -2.00. The second kappa shape index (κ2) is 11.9. The zero-order valence-corrected chi connectivity index (χ0v) is 21.5. The lowest BCUT2D eigenvalue weighted by atomic mass is 9.98. The van der Waals surface area contributed by atoms with Gasteiger partial charge in [0.1, 0.15) is 12.6 Å². The molecule has 1 aliphatic rings. The highest BCUT2D eigenvalue weighted by molar-refractivity contribution is 5.89. The fourth-order valence-electron chi connectivity index (χ4n) is 4.62. The highest BCUT2D eigenvalue weighted by Gasteiger charge is 2.32. The number of nitrogens with one attached hydrogen (secondary N) is 2. The minimum Gasteiger partial charge on any atom is -0.481 e. The van der Waals surface area contributed by atoms with Gasteiger partial charge >= 0.3 is 12.1 Å². The first kappa shape index (κ1) is 26.9. The lowest BCUT2D eigenvalue weighted by molar-refractivity contribution is -0.140. The number of aliphatic carboxylic acids is 1. The van der Waals surface area contributed by atoms with E-state index >= 15 is 0 Å². The van der Waals surface area contributed by atoms with Gasteiger partial charge in [0.25, 0.3) is 0 Å². The van der Waals surface area contributed by atoms with Crippen LogP contribution in [-0.4, -0.2) is 47.9 Å². The van der Waals surface area contributed by atoms with Crippen molar-refractivity contribution in [3.63, 3.8) is 0 Å². The topological polar surface area (TPSA) is 114 Å². The Hall–Kier alpha value is -4.17. The van der Waals surface area contributed by atoms with Gasteiger partial charge in [0.05, 0.1) is 25.2 Å². The molecule has 0 spiro atoms. The first-order valence-corrected chi connectivity index (χ1v) is 12.5. The predicted molar refractivity (Wildman–Crippen MR) is 143 cm³/mol. The smallest absolute Gasteiger partial charge is 0.407 e. The number of fused-ring (bicyclic) bond motifs is 3. The second-order valence-corrected chi connectivity index (χ2v) is 9.97. The minimum absolute atomic E-state index is 0.0556. The van der Waals surface area contributed by atoms with Crippen molar-refractivity contribution >= 4 is 18.0 Å². The summed E-state index contributed by atoms with van der Waals surface area (Å²) < 4.78 is 11.2. The van der Waals surface area contributed by atoms with Crippen molar-refractivity contribution in [1.29, 1.82) is 0 Å². The van der Waals surface area contributed by atoms with Crippen LogP contribution in [0.1, 0.15) is 42.9 Å². The molecule has 0 heterocycles. The number of carboxylic acids is 1. The normalized spacial score (nSPS) is 13.2. The zero-order chi connectivity index (χ0) is 27.1. The number of hydrogen-bond donors (Lipinski definition) is 3. The van der Waals surface area contributed by atoms with Crippen molar-refractivity contribution in [2.45, 2.75) is 44.4 Å². The van der Waals surface area contributed by atoms with Crippen LogP contribution in [0.25, 0.3) is 11.1 Å². The summed E-state index contributed by atoms with van der Waals surface area (Å²) in [6.07, 6.45) is -1.44. The number of carbonyl (C=O) groups excluding carboxylic acids is 2. The number of rotatable bonds is 11. The number of amides is 2. The van der Waals surface area contributed by atoms with Crippen LogP contribution in [0.15, 0.2) is 78.9 Å². The van der Waals surface area contributed by atoms with E-state index in [1.54, 1.807) is 13.8 Å². The van der Waals surface area contributed by atoms with Gasteiger partial charge in [-0.05, 0) is 41.7 Å². The van der Waals surface area contributed by atoms with Crippen LogP contribution in [0.3, 0.4) is 0 Å². The Morgan fingerprint density at radius 3 is 2.08 bits per heavy atom. The molecule has 8 heteroatoms. The molecule has 0 saturated heterocycles. The number of ether oxygens (including phenoxy) is 2. The molecule has 38 heavy (non-hydrogen) atoms. The Kier molecular flexibility index (Phi) is 8.43. The Bertz CT molecular complexity index is 1250. The first-order chi connectivity index (χ1) is 18.2. The summed E-state index contributed by atoms with van der Waals surface area (Å²) in [6.45, 7) is 4.15. The Labute approximate surface area is 222 Å². The highest BCUT2D eigenvalue weighted by Crippen LogP contribution is 2.44. The fourth-order valence-corrected chi connectivity index (χ4v) is 4.62. The van der Waals surface area contributed by atoms with Gasteiger partial charge in [-0.25, -0.2) is 4.79 Å². The van der Waals surface area contributed by atoms with E-state index in [1.807, 2.05) is 78.9 Å². The van der Waals surface area contributed by atoms with E-state index < -0.39 is 36.0 Å². The van der Waals surface area contributed by atoms with Gasteiger partial charge in [-0.3, -0.25) is 9.59 Å². The molecule has 4 rings (SSSR count). The number of carbonyl (C=O) groups is 3. The lowest BCUT2D eigenvalue weighted by Gasteiger charge is -2.28. The molecule has 1 aliphatic carbocycles. The number of carboxylic acid groups (broad SMARTS) is 1. The maximum absolute atomic E-state index is 13.0. The van der Waals surface area contributed by atoms with Gasteiger partial charge in [0.15, 0.2) is 0 Å². The SMILES string of the molecule is CC(C)(COCc1ccccc1)NC(=O)C(CC(=O)O)NC(=O)OCC1c2ccccc2-c2ccccc21. The van der Waals surface area contributed by atoms with E-state index in [4.69, 9.17) is 9.47 Å². The molecule has 3 aromatic carbocycles. The molecule has 3 aromatic rings. The van der Waals surface area contributed by atoms with Crippen molar-refractivity contribution in [2.24, 2.45) is 0 Å². The van der Waals surface area contributed by atoms with Gasteiger partial charge in [-0.2, -0.15) is 0 Å². The standard InChI is InChI=1S/C30H32N2O6/c1-30(2,19-37-17-20-10-4-3-5-11-20)32-28(35)26(16-27(33)34)31-29(36)38-18-25-23-14-8-6-12-21(23)22-13-7-9-15-24(22)25/h3-15,25-26H,16-19H2,1-2H3,(H,31,36)(H,32,35)(H,33,34). The van der Waals surface area contributed by atoms with E-state index in [2.05, 4.69) is 10.6 Å². The van der Waals surface area contributed by atoms with Crippen molar-refractivity contribution in [1.82, 2.24) is 10.6 Å². The summed E-state index contributed by atoms with van der Waals surface area (Å²) in [4.78, 5) is 37.1. The minimum atomic E-state index is -1.31. The van der Waals surface area contributed by atoms with Crippen molar-refractivity contribution in [3.8, 4) is 11.1 Å². The largest absolute Gasteiger partial charge is 0.481 e. The number of hydrogen-bond acceptors (Lipinski definition) is 5. The molecule has 8 nitrogen and oxygen atoms in total. The second-order valence-electron chi connectivity index (χ2n) is 9.97. The van der Waals surface area contributed by atoms with E-state index in [0.29, 0.717) is 6.61 Å². The van der Waals surface area contributed by atoms with Crippen LogP contribution in [0.2, 0.25) is 0 Å². The fraction of sp³-hybridized carbons (Fsp3) is 0.300. The van der Waals surface area contributed by atoms with Gasteiger partial charge in [-0.1, -0.05) is 78.9 Å². The zero-order valence-electron chi connectivity index (χ0n) is 21.5. The van der Waals surface area contributed by atoms with Crippen LogP contribution in [-0.2, 0) is 25.7 Å². The van der Waals surface area contributed by atoms with E-state index in [9.17, 15) is 19.5 Å². The molecule has 0 bridgehead atoms. The molecule has 0 fully saturated rings. The van der Waals surface area contributed by atoms with Gasteiger partial charge < -0.3 is 25.2 Å². The Balaban J connectivity index is 1.34. The van der Waals surface area contributed by atoms with E-state index in [1.165, 1.54) is 0 Å². The summed E-state index contributed by atoms with van der Waals surface area (Å²) in [5.41, 5.74) is 4.49.